The van der Waals surface area contributed by atoms with E-state index in [-0.39, 0.29) is 18.6 Å². The highest BCUT2D eigenvalue weighted by molar-refractivity contribution is 5.75. The lowest BCUT2D eigenvalue weighted by molar-refractivity contribution is -0.122. The summed E-state index contributed by atoms with van der Waals surface area (Å²) in [6, 6.07) is 0.785. The number of carbonyl (C=O) groups excluding carboxylic acids is 1. The van der Waals surface area contributed by atoms with Gasteiger partial charge in [0.2, 0.25) is 5.91 Å². The Hall–Kier alpha value is -0.650. The molecule has 0 radical (unpaired) electrons. The summed E-state index contributed by atoms with van der Waals surface area (Å²) >= 11 is 0. The number of aliphatic hydroxyl groups is 1. The zero-order valence-electron chi connectivity index (χ0n) is 9.98. The molecule has 0 heterocycles. The van der Waals surface area contributed by atoms with Gasteiger partial charge in [-0.25, -0.2) is 5.84 Å². The quantitative estimate of drug-likeness (QED) is 0.326. The third-order valence-electron chi connectivity index (χ3n) is 3.33. The number of hydrazine groups is 1. The number of nitrogens with two attached hydrogens (primary N) is 1. The number of rotatable bonds is 7. The molecule has 1 atom stereocenters. The normalized spacial score (nSPS) is 18.2. The lowest BCUT2D eigenvalue weighted by Gasteiger charge is -2.41. The van der Waals surface area contributed by atoms with Crippen LogP contribution in [-0.2, 0) is 4.79 Å². The monoisotopic (exact) mass is 229 g/mol. The zero-order valence-corrected chi connectivity index (χ0v) is 9.98. The molecule has 1 fully saturated rings. The lowest BCUT2D eigenvalue weighted by Crippen LogP contribution is -2.48. The van der Waals surface area contributed by atoms with Gasteiger partial charge in [-0.15, -0.1) is 0 Å². The van der Waals surface area contributed by atoms with Crippen LogP contribution in [-0.4, -0.2) is 41.1 Å². The Labute approximate surface area is 97.0 Å². The molecule has 0 aromatic carbocycles. The van der Waals surface area contributed by atoms with Gasteiger partial charge in [0.1, 0.15) is 0 Å². The molecule has 1 unspecified atom stereocenters. The Bertz CT molecular complexity index is 219. The molecule has 1 rings (SSSR count). The molecule has 5 nitrogen and oxygen atoms in total. The van der Waals surface area contributed by atoms with E-state index in [0.717, 1.165) is 13.0 Å². The van der Waals surface area contributed by atoms with E-state index < -0.39 is 0 Å². The smallest absolute Gasteiger partial charge is 0.235 e. The maximum absolute atomic E-state index is 11.2. The van der Waals surface area contributed by atoms with E-state index >= 15 is 0 Å². The van der Waals surface area contributed by atoms with Crippen LogP contribution in [0.2, 0.25) is 0 Å². The fourth-order valence-corrected chi connectivity index (χ4v) is 2.18. The van der Waals surface area contributed by atoms with Crippen molar-refractivity contribution in [1.29, 1.82) is 0 Å². The van der Waals surface area contributed by atoms with Gasteiger partial charge in [-0.05, 0) is 26.2 Å². The van der Waals surface area contributed by atoms with Crippen molar-refractivity contribution in [2.75, 3.05) is 13.2 Å². The van der Waals surface area contributed by atoms with Gasteiger partial charge in [-0.1, -0.05) is 6.42 Å². The van der Waals surface area contributed by atoms with Crippen molar-refractivity contribution in [3.63, 3.8) is 0 Å². The topological polar surface area (TPSA) is 78.6 Å². The molecule has 1 saturated carbocycles. The molecule has 0 aliphatic heterocycles. The molecule has 1 aliphatic rings. The van der Waals surface area contributed by atoms with Crippen molar-refractivity contribution >= 4 is 5.91 Å². The standard InChI is InChI=1S/C11H23N3O2/c1-9(8-11(16)13-12)14(6-3-7-15)10-4-2-5-10/h9-10,15H,2-8,12H2,1H3,(H,13,16). The second-order valence-corrected chi connectivity index (χ2v) is 4.52. The van der Waals surface area contributed by atoms with Gasteiger partial charge in [0.25, 0.3) is 0 Å². The molecule has 4 N–H and O–H groups in total. The summed E-state index contributed by atoms with van der Waals surface area (Å²) in [5, 5.41) is 8.87. The van der Waals surface area contributed by atoms with Gasteiger partial charge in [-0.3, -0.25) is 15.1 Å². The summed E-state index contributed by atoms with van der Waals surface area (Å²) in [6.45, 7) is 3.12. The minimum atomic E-state index is -0.124. The van der Waals surface area contributed by atoms with Crippen molar-refractivity contribution < 1.29 is 9.90 Å². The predicted molar refractivity (Wildman–Crippen MR) is 62.5 cm³/mol. The van der Waals surface area contributed by atoms with Gasteiger partial charge >= 0.3 is 0 Å². The number of amides is 1. The van der Waals surface area contributed by atoms with Crippen LogP contribution in [0.15, 0.2) is 0 Å². The Morgan fingerprint density at radius 3 is 2.75 bits per heavy atom. The number of hydrogen-bond donors (Lipinski definition) is 3. The first-order valence-electron chi connectivity index (χ1n) is 6.05. The van der Waals surface area contributed by atoms with E-state index in [2.05, 4.69) is 10.3 Å². The van der Waals surface area contributed by atoms with Crippen LogP contribution in [0.25, 0.3) is 0 Å². The predicted octanol–water partition coefficient (Wildman–Crippen LogP) is -0.00820. The van der Waals surface area contributed by atoms with Crippen LogP contribution < -0.4 is 11.3 Å². The number of nitrogens with zero attached hydrogens (tertiary/aromatic N) is 1. The summed E-state index contributed by atoms with van der Waals surface area (Å²) in [4.78, 5) is 13.5. The Morgan fingerprint density at radius 2 is 2.31 bits per heavy atom. The number of carbonyl (C=O) groups is 1. The fourth-order valence-electron chi connectivity index (χ4n) is 2.18. The first kappa shape index (κ1) is 13.4. The van der Waals surface area contributed by atoms with E-state index in [9.17, 15) is 4.79 Å². The molecular weight excluding hydrogens is 206 g/mol. The summed E-state index contributed by atoms with van der Waals surface area (Å²) in [5.74, 6) is 4.96. The number of nitrogens with one attached hydrogen (secondary N) is 1. The SMILES string of the molecule is CC(CC(=O)NN)N(CCCO)C1CCC1. The average molecular weight is 229 g/mol. The minimum absolute atomic E-state index is 0.124. The fraction of sp³-hybridized carbons (Fsp3) is 0.909. The van der Waals surface area contributed by atoms with Gasteiger partial charge < -0.3 is 5.11 Å². The second-order valence-electron chi connectivity index (χ2n) is 4.52. The maximum atomic E-state index is 11.2. The van der Waals surface area contributed by atoms with Gasteiger partial charge in [0.05, 0.1) is 0 Å². The molecule has 0 spiro atoms. The highest BCUT2D eigenvalue weighted by atomic mass is 16.3. The van der Waals surface area contributed by atoms with Gasteiger partial charge in [0, 0.05) is 31.7 Å². The summed E-state index contributed by atoms with van der Waals surface area (Å²) in [7, 11) is 0. The summed E-state index contributed by atoms with van der Waals surface area (Å²) in [6.07, 6.45) is 4.89. The van der Waals surface area contributed by atoms with Crippen LogP contribution >= 0.6 is 0 Å². The molecule has 5 heteroatoms. The van der Waals surface area contributed by atoms with E-state index in [0.29, 0.717) is 12.5 Å². The summed E-state index contributed by atoms with van der Waals surface area (Å²) in [5.41, 5.74) is 2.17. The van der Waals surface area contributed by atoms with Crippen molar-refractivity contribution in [1.82, 2.24) is 10.3 Å². The largest absolute Gasteiger partial charge is 0.396 e. The Kier molecular flexibility index (Phi) is 5.73. The molecule has 1 amide bonds. The van der Waals surface area contributed by atoms with E-state index in [1.165, 1.54) is 19.3 Å². The highest BCUT2D eigenvalue weighted by Crippen LogP contribution is 2.27. The minimum Gasteiger partial charge on any atom is -0.396 e. The molecular formula is C11H23N3O2. The molecule has 94 valence electrons. The summed E-state index contributed by atoms with van der Waals surface area (Å²) < 4.78 is 0. The van der Waals surface area contributed by atoms with Crippen molar-refractivity contribution in [2.45, 2.75) is 51.1 Å². The third kappa shape index (κ3) is 3.73. The Morgan fingerprint density at radius 1 is 1.62 bits per heavy atom. The lowest BCUT2D eigenvalue weighted by atomic mass is 9.90. The molecule has 0 aromatic rings. The van der Waals surface area contributed by atoms with E-state index in [1.807, 2.05) is 6.92 Å². The van der Waals surface area contributed by atoms with Gasteiger partial charge in [-0.2, -0.15) is 0 Å². The molecule has 16 heavy (non-hydrogen) atoms. The average Bonchev–Trinajstić information content (AvgIpc) is 2.20. The molecule has 0 aromatic heterocycles. The number of hydrogen-bond acceptors (Lipinski definition) is 4. The Balaban J connectivity index is 2.42. The van der Waals surface area contributed by atoms with Crippen LogP contribution in [0.5, 0.6) is 0 Å². The van der Waals surface area contributed by atoms with E-state index in [4.69, 9.17) is 10.9 Å². The third-order valence-corrected chi connectivity index (χ3v) is 3.33. The second kappa shape index (κ2) is 6.83. The van der Waals surface area contributed by atoms with Crippen LogP contribution in [0.1, 0.15) is 39.0 Å². The van der Waals surface area contributed by atoms with Crippen molar-refractivity contribution in [3.8, 4) is 0 Å². The van der Waals surface area contributed by atoms with E-state index in [1.54, 1.807) is 0 Å². The van der Waals surface area contributed by atoms with Crippen molar-refractivity contribution in [2.24, 2.45) is 5.84 Å². The van der Waals surface area contributed by atoms with Crippen LogP contribution in [0.4, 0.5) is 0 Å². The van der Waals surface area contributed by atoms with Crippen LogP contribution in [0.3, 0.4) is 0 Å². The van der Waals surface area contributed by atoms with Crippen molar-refractivity contribution in [3.05, 3.63) is 0 Å². The first-order chi connectivity index (χ1) is 7.69. The molecule has 0 saturated heterocycles. The molecule has 1 aliphatic carbocycles. The highest BCUT2D eigenvalue weighted by Gasteiger charge is 2.28. The first-order valence-corrected chi connectivity index (χ1v) is 6.05. The van der Waals surface area contributed by atoms with Gasteiger partial charge in [0.15, 0.2) is 0 Å². The van der Waals surface area contributed by atoms with Crippen LogP contribution in [0, 0.1) is 0 Å². The maximum Gasteiger partial charge on any atom is 0.235 e. The zero-order chi connectivity index (χ0) is 12.0. The number of aliphatic hydroxyl groups excluding tert-OH is 1. The molecule has 0 bridgehead atoms.